The van der Waals surface area contributed by atoms with Crippen LogP contribution in [0.3, 0.4) is 0 Å². The summed E-state index contributed by atoms with van der Waals surface area (Å²) in [6.45, 7) is 9.02. The van der Waals surface area contributed by atoms with E-state index in [0.29, 0.717) is 18.4 Å². The molecular weight excluding hydrogens is 943 g/mol. The second kappa shape index (κ2) is 27.3. The number of phenolic OH excluding ortho intramolecular Hbond substituents is 1. The molecule has 2 saturated heterocycles. The van der Waals surface area contributed by atoms with E-state index in [4.69, 9.17) is 22.9 Å². The highest BCUT2D eigenvalue weighted by Gasteiger charge is 2.46. The molecule has 3 rings (SSSR count). The molecule has 2 fully saturated rings. The van der Waals surface area contributed by atoms with Gasteiger partial charge in [-0.2, -0.15) is 0 Å². The first-order valence-corrected chi connectivity index (χ1v) is 23.8. The Balaban J connectivity index is 1.82. The van der Waals surface area contributed by atoms with Crippen LogP contribution in [0.15, 0.2) is 24.3 Å². The fourth-order valence-electron chi connectivity index (χ4n) is 8.09. The molecule has 12 amide bonds. The van der Waals surface area contributed by atoms with Crippen LogP contribution in [0.25, 0.3) is 0 Å². The quantitative estimate of drug-likeness (QED) is 0.0415. The van der Waals surface area contributed by atoms with Gasteiger partial charge in [-0.1, -0.05) is 46.2 Å². The van der Waals surface area contributed by atoms with Crippen LogP contribution in [-0.2, 0) is 64.0 Å². The van der Waals surface area contributed by atoms with Crippen molar-refractivity contribution in [1.82, 2.24) is 47.0 Å². The number of amides is 12. The molecular formula is C46H71N13O13. The van der Waals surface area contributed by atoms with E-state index in [1.54, 1.807) is 13.8 Å². The molecule has 72 heavy (non-hydrogen) atoms. The summed E-state index contributed by atoms with van der Waals surface area (Å²) in [5.41, 5.74) is 22.3. The first-order chi connectivity index (χ1) is 33.7. The number of carbonyl (C=O) groups is 12. The number of nitrogens with zero attached hydrogens (tertiary/aromatic N) is 2. The number of nitrogens with one attached hydrogen (secondary N) is 7. The Kier molecular flexibility index (Phi) is 22.3. The largest absolute Gasteiger partial charge is 0.508 e. The molecule has 2 heterocycles. The topological polar surface area (TPSA) is 420 Å². The van der Waals surface area contributed by atoms with Crippen molar-refractivity contribution in [2.24, 2.45) is 34.8 Å². The number of benzene rings is 1. The van der Waals surface area contributed by atoms with Gasteiger partial charge in [-0.15, -0.1) is 0 Å². The van der Waals surface area contributed by atoms with E-state index < -0.39 is 157 Å². The molecule has 0 unspecified atom stereocenters. The molecule has 2 aliphatic heterocycles. The first kappa shape index (κ1) is 58.9. The van der Waals surface area contributed by atoms with E-state index in [2.05, 4.69) is 37.2 Å². The standard InChI is InChI=1S/C46H71N13O13/c1-7-23(4)37(57-42(68)29(54-38(64)24(5)47)18-26-10-12-27(60)13-11-26)44(70)53-28(14-15-34(48)61)40(66)55-30(19-35(49)62)41(67)52-25(6)45(71)58-16-8-9-32(58)46(72)59-21-31(39(65)51-20-36(50)63)56-43(69)33(59)17-22(2)3/h10-13,22-25,28-33,37,60H,7-9,14-21,47H2,1-6H3,(H2,48,61)(H2,49,62)(H2,50,63)(H,51,65)(H,52,67)(H,53,70)(H,54,64)(H,55,66)(H,56,69)(H,57,68)/t23-,24-,25-,28-,29-,30-,31+,32-,33-,37-/m0/s1. The molecule has 2 aliphatic rings. The SMILES string of the molecule is CC[C@H](C)[C@H](NC(=O)[C@H](Cc1ccc(O)cc1)NC(=O)[C@H](C)N)C(=O)N[C@@H](CCC(N)=O)C(=O)N[C@@H](CC(N)=O)C(=O)N[C@@H](C)C(=O)N1CCC[C@H]1C(=O)N1C[C@H](C(=O)NCC(N)=O)NC(=O)[C@@H]1CC(C)C. The summed E-state index contributed by atoms with van der Waals surface area (Å²) in [5.74, 6) is -10.7. The zero-order chi connectivity index (χ0) is 54.1. The Bertz CT molecular complexity index is 2190. The van der Waals surface area contributed by atoms with Crippen molar-refractivity contribution in [3.8, 4) is 5.75 Å². The molecule has 398 valence electrons. The van der Waals surface area contributed by atoms with Crippen molar-refractivity contribution in [1.29, 1.82) is 0 Å². The number of primary amides is 3. The molecule has 0 spiro atoms. The molecule has 0 aromatic heterocycles. The highest BCUT2D eigenvalue weighted by molar-refractivity contribution is 6.00. The monoisotopic (exact) mass is 1010 g/mol. The van der Waals surface area contributed by atoms with Crippen molar-refractivity contribution in [3.63, 3.8) is 0 Å². The predicted molar refractivity (Wildman–Crippen MR) is 256 cm³/mol. The van der Waals surface area contributed by atoms with Gasteiger partial charge in [0.2, 0.25) is 70.9 Å². The summed E-state index contributed by atoms with van der Waals surface area (Å²) < 4.78 is 0. The smallest absolute Gasteiger partial charge is 0.246 e. The van der Waals surface area contributed by atoms with Gasteiger partial charge < -0.3 is 75.1 Å². The lowest BCUT2D eigenvalue weighted by Crippen LogP contribution is -2.67. The van der Waals surface area contributed by atoms with Crippen LogP contribution in [0.2, 0.25) is 0 Å². The molecule has 16 N–H and O–H groups in total. The van der Waals surface area contributed by atoms with Crippen LogP contribution in [-0.4, -0.2) is 160 Å². The summed E-state index contributed by atoms with van der Waals surface area (Å²) >= 11 is 0. The molecule has 0 radical (unpaired) electrons. The molecule has 1 aromatic rings. The number of rotatable bonds is 26. The molecule has 0 saturated carbocycles. The Morgan fingerprint density at radius 3 is 1.92 bits per heavy atom. The van der Waals surface area contributed by atoms with E-state index >= 15 is 0 Å². The lowest BCUT2D eigenvalue weighted by molar-refractivity contribution is -0.153. The number of hydrogen-bond acceptors (Lipinski definition) is 14. The lowest BCUT2D eigenvalue weighted by Gasteiger charge is -2.41. The van der Waals surface area contributed by atoms with Gasteiger partial charge in [0.05, 0.1) is 25.6 Å². The van der Waals surface area contributed by atoms with E-state index in [1.807, 2.05) is 13.8 Å². The fraction of sp³-hybridized carbons (Fsp3) is 0.609. The van der Waals surface area contributed by atoms with Crippen molar-refractivity contribution in [3.05, 3.63) is 29.8 Å². The minimum atomic E-state index is -1.75. The lowest BCUT2D eigenvalue weighted by atomic mass is 9.96. The number of phenols is 1. The average Bonchev–Trinajstić information content (AvgIpc) is 3.80. The maximum absolute atomic E-state index is 14.3. The zero-order valence-corrected chi connectivity index (χ0v) is 41.5. The minimum Gasteiger partial charge on any atom is -0.508 e. The maximum Gasteiger partial charge on any atom is 0.246 e. The summed E-state index contributed by atoms with van der Waals surface area (Å²) in [5, 5.41) is 27.1. The third-order valence-electron chi connectivity index (χ3n) is 12.2. The van der Waals surface area contributed by atoms with Gasteiger partial charge in [0, 0.05) is 19.4 Å². The van der Waals surface area contributed by atoms with Gasteiger partial charge in [0.1, 0.15) is 54.1 Å². The molecule has 1 aromatic carbocycles. The molecule has 26 heteroatoms. The normalized spacial score (nSPS) is 19.4. The van der Waals surface area contributed by atoms with Crippen LogP contribution in [0.5, 0.6) is 5.75 Å². The second-order valence-corrected chi connectivity index (χ2v) is 18.7. The van der Waals surface area contributed by atoms with Crippen molar-refractivity contribution in [2.75, 3.05) is 19.6 Å². The summed E-state index contributed by atoms with van der Waals surface area (Å²) in [7, 11) is 0. The van der Waals surface area contributed by atoms with E-state index in [1.165, 1.54) is 47.9 Å². The second-order valence-electron chi connectivity index (χ2n) is 18.7. The summed E-state index contributed by atoms with van der Waals surface area (Å²) in [6.07, 6.45) is -0.684. The summed E-state index contributed by atoms with van der Waals surface area (Å²) in [4.78, 5) is 161. The maximum atomic E-state index is 14.3. The van der Waals surface area contributed by atoms with E-state index in [0.717, 1.165) is 0 Å². The molecule has 0 aliphatic carbocycles. The van der Waals surface area contributed by atoms with Crippen LogP contribution in [0.1, 0.15) is 92.1 Å². The van der Waals surface area contributed by atoms with Gasteiger partial charge in [-0.3, -0.25) is 57.5 Å². The number of hydrogen-bond donors (Lipinski definition) is 12. The third-order valence-corrected chi connectivity index (χ3v) is 12.2. The number of piperazine rings is 1. The number of aromatic hydroxyl groups is 1. The average molecular weight is 1010 g/mol. The molecule has 26 nitrogen and oxygen atoms in total. The first-order valence-electron chi connectivity index (χ1n) is 23.8. The Hall–Kier alpha value is -7.38. The van der Waals surface area contributed by atoms with Crippen molar-refractivity contribution >= 4 is 70.9 Å². The number of nitrogens with two attached hydrogens (primary N) is 4. The van der Waals surface area contributed by atoms with Crippen LogP contribution >= 0.6 is 0 Å². The highest BCUT2D eigenvalue weighted by Crippen LogP contribution is 2.25. The minimum absolute atomic E-state index is 0.0382. The van der Waals surface area contributed by atoms with Gasteiger partial charge in [0.25, 0.3) is 0 Å². The zero-order valence-electron chi connectivity index (χ0n) is 41.5. The van der Waals surface area contributed by atoms with Gasteiger partial charge in [-0.05, 0) is 69.1 Å². The van der Waals surface area contributed by atoms with Crippen LogP contribution < -0.4 is 60.2 Å². The Labute approximate surface area is 416 Å². The summed E-state index contributed by atoms with van der Waals surface area (Å²) in [6, 6.07) is -5.89. The van der Waals surface area contributed by atoms with E-state index in [-0.39, 0.29) is 44.0 Å². The molecule has 10 atom stereocenters. The Morgan fingerprint density at radius 2 is 1.35 bits per heavy atom. The van der Waals surface area contributed by atoms with Crippen molar-refractivity contribution < 1.29 is 62.6 Å². The van der Waals surface area contributed by atoms with Gasteiger partial charge >= 0.3 is 0 Å². The van der Waals surface area contributed by atoms with Gasteiger partial charge in [-0.25, -0.2) is 0 Å². The number of carbonyl (C=O) groups excluding carboxylic acids is 12. The highest BCUT2D eigenvalue weighted by atomic mass is 16.3. The van der Waals surface area contributed by atoms with E-state index in [9.17, 15) is 62.6 Å². The van der Waals surface area contributed by atoms with Crippen molar-refractivity contribution in [2.45, 2.75) is 147 Å². The third kappa shape index (κ3) is 17.5. The fourth-order valence-corrected chi connectivity index (χ4v) is 8.09. The van der Waals surface area contributed by atoms with Gasteiger partial charge in [0.15, 0.2) is 0 Å². The van der Waals surface area contributed by atoms with Crippen LogP contribution in [0, 0.1) is 11.8 Å². The Morgan fingerprint density at radius 1 is 0.750 bits per heavy atom. The predicted octanol–water partition coefficient (Wildman–Crippen LogP) is -4.75. The number of likely N-dealkylation sites (tertiary alicyclic amines) is 1. The van der Waals surface area contributed by atoms with Crippen LogP contribution in [0.4, 0.5) is 0 Å². The molecule has 0 bridgehead atoms.